The smallest absolute Gasteiger partial charge is 0.381 e. The average Bonchev–Trinajstić information content (AvgIpc) is 2.52. The number of nitro groups is 1. The zero-order valence-corrected chi connectivity index (χ0v) is 6.63. The molecule has 0 radical (unpaired) electrons. The van der Waals surface area contributed by atoms with Gasteiger partial charge in [-0.05, 0) is 9.91 Å². The fourth-order valence-electron chi connectivity index (χ4n) is 0.829. The highest BCUT2D eigenvalue weighted by atomic mass is 19.1. The Kier molecular flexibility index (Phi) is 2.91. The van der Waals surface area contributed by atoms with Crippen LogP contribution in [0.5, 0.6) is 0 Å². The molecule has 0 spiro atoms. The van der Waals surface area contributed by atoms with E-state index >= 15 is 0 Å². The van der Waals surface area contributed by atoms with Crippen LogP contribution in [-0.4, -0.2) is 32.4 Å². The minimum Gasteiger partial charge on any atom is -0.393 e. The first kappa shape index (κ1) is 9.59. The summed E-state index contributed by atoms with van der Waals surface area (Å²) in [5.74, 6) is -0.329. The summed E-state index contributed by atoms with van der Waals surface area (Å²) in [6, 6.07) is 0. The third kappa shape index (κ3) is 2.48. The highest BCUT2D eigenvalue weighted by molar-refractivity contribution is 5.12. The predicted molar refractivity (Wildman–Crippen MR) is 40.9 cm³/mol. The summed E-state index contributed by atoms with van der Waals surface area (Å²) in [7, 11) is 0. The van der Waals surface area contributed by atoms with Crippen molar-refractivity contribution in [3.8, 4) is 0 Å². The number of rotatable bonds is 4. The van der Waals surface area contributed by atoms with E-state index in [-0.39, 0.29) is 12.4 Å². The molecule has 1 unspecified atom stereocenters. The van der Waals surface area contributed by atoms with Gasteiger partial charge in [-0.2, -0.15) is 0 Å². The fourth-order valence-corrected chi connectivity index (χ4v) is 0.829. The molecule has 7 heteroatoms. The van der Waals surface area contributed by atoms with E-state index in [4.69, 9.17) is 5.11 Å². The van der Waals surface area contributed by atoms with Crippen LogP contribution in [0.3, 0.4) is 0 Å². The van der Waals surface area contributed by atoms with E-state index < -0.39 is 17.7 Å². The Labute approximate surface area is 72.8 Å². The molecule has 72 valence electrons. The molecule has 0 aliphatic carbocycles. The fraction of sp³-hybridized carbons (Fsp3) is 0.500. The van der Waals surface area contributed by atoms with Gasteiger partial charge in [0.1, 0.15) is 12.4 Å². The Hall–Kier alpha value is -1.50. The number of aromatic nitrogens is 2. The maximum atomic E-state index is 12.6. The lowest BCUT2D eigenvalue weighted by molar-refractivity contribution is -0.389. The average molecular weight is 189 g/mol. The lowest BCUT2D eigenvalue weighted by Crippen LogP contribution is -2.13. The van der Waals surface area contributed by atoms with Gasteiger partial charge in [0, 0.05) is 0 Å². The maximum Gasteiger partial charge on any atom is 0.381 e. The molecule has 0 saturated carbocycles. The van der Waals surface area contributed by atoms with Gasteiger partial charge >= 0.3 is 5.82 Å². The van der Waals surface area contributed by atoms with E-state index in [0.29, 0.717) is 0 Å². The van der Waals surface area contributed by atoms with Gasteiger partial charge in [-0.25, -0.2) is 4.39 Å². The van der Waals surface area contributed by atoms with Crippen molar-refractivity contribution in [2.24, 2.45) is 0 Å². The van der Waals surface area contributed by atoms with E-state index in [0.717, 1.165) is 12.5 Å². The molecule has 13 heavy (non-hydrogen) atoms. The summed E-state index contributed by atoms with van der Waals surface area (Å²) in [5, 5.41) is 18.5. The number of aliphatic hydroxyl groups excluding tert-OH is 1. The van der Waals surface area contributed by atoms with Crippen molar-refractivity contribution in [2.45, 2.75) is 12.7 Å². The van der Waals surface area contributed by atoms with Crippen molar-refractivity contribution in [1.82, 2.24) is 9.55 Å². The van der Waals surface area contributed by atoms with Crippen molar-refractivity contribution in [1.29, 1.82) is 0 Å². The number of imidazole rings is 1. The zero-order chi connectivity index (χ0) is 9.84. The third-order valence-corrected chi connectivity index (χ3v) is 1.41. The zero-order valence-electron chi connectivity index (χ0n) is 6.63. The lowest BCUT2D eigenvalue weighted by atomic mass is 10.4. The molecule has 0 aliphatic heterocycles. The van der Waals surface area contributed by atoms with E-state index in [1.165, 1.54) is 4.57 Å². The maximum absolute atomic E-state index is 12.6. The normalized spacial score (nSPS) is 12.8. The van der Waals surface area contributed by atoms with Gasteiger partial charge in [-0.3, -0.25) is 0 Å². The standard InChI is InChI=1S/C6H8FN3O3/c7-5(3-11)1-9-2-6(8-4-9)10(12)13/h2,4-5,11H,1,3H2. The second kappa shape index (κ2) is 3.94. The molecule has 6 nitrogen and oxygen atoms in total. The van der Waals surface area contributed by atoms with Crippen molar-refractivity contribution < 1.29 is 14.4 Å². The SMILES string of the molecule is O=[N+]([O-])c1cn(CC(F)CO)cn1. The first-order chi connectivity index (χ1) is 6.13. The first-order valence-electron chi connectivity index (χ1n) is 3.54. The summed E-state index contributed by atoms with van der Waals surface area (Å²) in [5.41, 5.74) is 0. The minimum absolute atomic E-state index is 0.128. The van der Waals surface area contributed by atoms with Gasteiger partial charge in [-0.1, -0.05) is 0 Å². The number of nitrogens with zero attached hydrogens (tertiary/aromatic N) is 3. The largest absolute Gasteiger partial charge is 0.393 e. The molecule has 0 aromatic carbocycles. The van der Waals surface area contributed by atoms with Crippen molar-refractivity contribution in [2.75, 3.05) is 6.61 Å². The molecule has 1 aromatic heterocycles. The Morgan fingerprint density at radius 2 is 2.54 bits per heavy atom. The van der Waals surface area contributed by atoms with Crippen LogP contribution < -0.4 is 0 Å². The molecule has 0 amide bonds. The Morgan fingerprint density at radius 3 is 3.00 bits per heavy atom. The quantitative estimate of drug-likeness (QED) is 0.538. The van der Waals surface area contributed by atoms with Crippen molar-refractivity contribution in [3.63, 3.8) is 0 Å². The molecular formula is C6H8FN3O3. The second-order valence-electron chi connectivity index (χ2n) is 2.47. The summed E-state index contributed by atoms with van der Waals surface area (Å²) in [6.07, 6.45) is 0.844. The Morgan fingerprint density at radius 1 is 1.85 bits per heavy atom. The number of aliphatic hydroxyl groups is 1. The minimum atomic E-state index is -1.42. The molecule has 1 heterocycles. The predicted octanol–water partition coefficient (Wildman–Crippen LogP) is 0.122. The van der Waals surface area contributed by atoms with Gasteiger partial charge in [0.25, 0.3) is 0 Å². The van der Waals surface area contributed by atoms with Crippen LogP contribution in [0.15, 0.2) is 12.5 Å². The van der Waals surface area contributed by atoms with E-state index in [1.807, 2.05) is 0 Å². The first-order valence-corrected chi connectivity index (χ1v) is 3.54. The van der Waals surface area contributed by atoms with E-state index in [1.54, 1.807) is 0 Å². The van der Waals surface area contributed by atoms with Gasteiger partial charge in [-0.15, -0.1) is 0 Å². The highest BCUT2D eigenvalue weighted by Gasteiger charge is 2.12. The van der Waals surface area contributed by atoms with E-state index in [2.05, 4.69) is 4.98 Å². The summed E-state index contributed by atoms with van der Waals surface area (Å²) < 4.78 is 13.8. The number of alkyl halides is 1. The molecule has 1 atom stereocenters. The molecule has 0 bridgehead atoms. The van der Waals surface area contributed by atoms with Gasteiger partial charge in [0.15, 0.2) is 0 Å². The van der Waals surface area contributed by atoms with Crippen LogP contribution in [-0.2, 0) is 6.54 Å². The lowest BCUT2D eigenvalue weighted by Gasteiger charge is -2.02. The second-order valence-corrected chi connectivity index (χ2v) is 2.47. The van der Waals surface area contributed by atoms with Gasteiger partial charge < -0.3 is 19.8 Å². The third-order valence-electron chi connectivity index (χ3n) is 1.41. The number of halogens is 1. The van der Waals surface area contributed by atoms with Crippen LogP contribution >= 0.6 is 0 Å². The molecule has 0 fully saturated rings. The monoisotopic (exact) mass is 189 g/mol. The van der Waals surface area contributed by atoms with Crippen molar-refractivity contribution in [3.05, 3.63) is 22.6 Å². The Bertz CT molecular complexity index is 301. The van der Waals surface area contributed by atoms with Gasteiger partial charge in [0.05, 0.1) is 13.2 Å². The van der Waals surface area contributed by atoms with Gasteiger partial charge in [0.2, 0.25) is 6.33 Å². The number of hydrogen-bond donors (Lipinski definition) is 1. The van der Waals surface area contributed by atoms with Crippen LogP contribution in [0.4, 0.5) is 10.2 Å². The van der Waals surface area contributed by atoms with Crippen molar-refractivity contribution >= 4 is 5.82 Å². The van der Waals surface area contributed by atoms with Crippen LogP contribution in [0.25, 0.3) is 0 Å². The van der Waals surface area contributed by atoms with Crippen LogP contribution in [0, 0.1) is 10.1 Å². The van der Waals surface area contributed by atoms with Crippen LogP contribution in [0.1, 0.15) is 0 Å². The molecule has 1 aromatic rings. The summed E-state index contributed by atoms with van der Waals surface area (Å²) in [6.45, 7) is -0.733. The highest BCUT2D eigenvalue weighted by Crippen LogP contribution is 2.06. The van der Waals surface area contributed by atoms with E-state index in [9.17, 15) is 14.5 Å². The van der Waals surface area contributed by atoms with Crippen LogP contribution in [0.2, 0.25) is 0 Å². The topological polar surface area (TPSA) is 81.2 Å². The molecular weight excluding hydrogens is 181 g/mol. The molecule has 0 saturated heterocycles. The number of hydrogen-bond acceptors (Lipinski definition) is 4. The summed E-state index contributed by atoms with van der Waals surface area (Å²) in [4.78, 5) is 12.9. The molecule has 1 N–H and O–H groups in total. The molecule has 1 rings (SSSR count). The Balaban J connectivity index is 2.64. The molecule has 0 aliphatic rings. The summed E-state index contributed by atoms with van der Waals surface area (Å²) >= 11 is 0.